The van der Waals surface area contributed by atoms with E-state index in [0.717, 1.165) is 24.3 Å². The highest BCUT2D eigenvalue weighted by molar-refractivity contribution is 7.92. The van der Waals surface area contributed by atoms with Gasteiger partial charge in [-0.2, -0.15) is 0 Å². The van der Waals surface area contributed by atoms with E-state index in [1.165, 1.54) is 18.2 Å². The lowest BCUT2D eigenvalue weighted by molar-refractivity contribution is 0.570. The summed E-state index contributed by atoms with van der Waals surface area (Å²) in [4.78, 5) is -0.516. The fraction of sp³-hybridized carbons (Fsp3) is 0. The van der Waals surface area contributed by atoms with Crippen LogP contribution in [0.4, 0.5) is 20.2 Å². The largest absolute Gasteiger partial charge is 0.399 e. The van der Waals surface area contributed by atoms with E-state index >= 15 is 0 Å². The Bertz CT molecular complexity index is 697. The van der Waals surface area contributed by atoms with Crippen LogP contribution < -0.4 is 10.5 Å². The van der Waals surface area contributed by atoms with Gasteiger partial charge in [-0.25, -0.2) is 17.2 Å². The molecular formula is C12H10F2N2O2S. The second kappa shape index (κ2) is 4.85. The molecule has 0 saturated carbocycles. The third-order valence-corrected chi connectivity index (χ3v) is 3.71. The molecule has 3 N–H and O–H groups in total. The van der Waals surface area contributed by atoms with Crippen molar-refractivity contribution < 1.29 is 17.2 Å². The van der Waals surface area contributed by atoms with Gasteiger partial charge in [0.2, 0.25) is 0 Å². The van der Waals surface area contributed by atoms with Gasteiger partial charge in [-0.3, -0.25) is 4.72 Å². The predicted octanol–water partition coefficient (Wildman–Crippen LogP) is 2.35. The number of halogens is 2. The normalized spacial score (nSPS) is 11.3. The van der Waals surface area contributed by atoms with Crippen molar-refractivity contribution in [1.29, 1.82) is 0 Å². The van der Waals surface area contributed by atoms with Crippen molar-refractivity contribution in [2.24, 2.45) is 0 Å². The number of sulfonamides is 1. The van der Waals surface area contributed by atoms with Crippen LogP contribution in [0.5, 0.6) is 0 Å². The van der Waals surface area contributed by atoms with E-state index < -0.39 is 26.6 Å². The van der Waals surface area contributed by atoms with E-state index in [1.807, 2.05) is 0 Å². The van der Waals surface area contributed by atoms with Crippen LogP contribution >= 0.6 is 0 Å². The molecule has 7 heteroatoms. The lowest BCUT2D eigenvalue weighted by Gasteiger charge is -2.09. The Kier molecular flexibility index (Phi) is 3.39. The molecule has 0 unspecified atom stereocenters. The Hall–Kier alpha value is -2.15. The van der Waals surface area contributed by atoms with Gasteiger partial charge >= 0.3 is 0 Å². The summed E-state index contributed by atoms with van der Waals surface area (Å²) in [5.74, 6) is -1.58. The lowest BCUT2D eigenvalue weighted by Crippen LogP contribution is -2.14. The van der Waals surface area contributed by atoms with Gasteiger partial charge in [0.05, 0.1) is 5.69 Å². The Morgan fingerprint density at radius 3 is 2.37 bits per heavy atom. The highest BCUT2D eigenvalue weighted by Crippen LogP contribution is 2.21. The van der Waals surface area contributed by atoms with Crippen molar-refractivity contribution in [3.05, 3.63) is 54.1 Å². The van der Waals surface area contributed by atoms with E-state index in [4.69, 9.17) is 5.73 Å². The first-order chi connectivity index (χ1) is 8.88. The average molecular weight is 284 g/mol. The number of hydrogen-bond donors (Lipinski definition) is 2. The zero-order valence-corrected chi connectivity index (χ0v) is 10.4. The molecule has 2 aromatic rings. The van der Waals surface area contributed by atoms with Crippen LogP contribution in [-0.2, 0) is 10.0 Å². The Labute approximate surface area is 108 Å². The summed E-state index contributed by atoms with van der Waals surface area (Å²) in [6.07, 6.45) is 0. The van der Waals surface area contributed by atoms with Crippen LogP contribution in [0.1, 0.15) is 0 Å². The van der Waals surface area contributed by atoms with Crippen LogP contribution in [0.25, 0.3) is 0 Å². The van der Waals surface area contributed by atoms with Gasteiger partial charge in [-0.05, 0) is 30.3 Å². The van der Waals surface area contributed by atoms with Crippen molar-refractivity contribution in [2.45, 2.75) is 4.90 Å². The van der Waals surface area contributed by atoms with Crippen molar-refractivity contribution in [3.8, 4) is 0 Å². The SMILES string of the molecule is Nc1cc(F)cc(NS(=O)(=O)c2ccccc2F)c1. The monoisotopic (exact) mass is 284 g/mol. The van der Waals surface area contributed by atoms with E-state index in [1.54, 1.807) is 0 Å². The second-order valence-corrected chi connectivity index (χ2v) is 5.46. The number of anilines is 2. The number of hydrogen-bond acceptors (Lipinski definition) is 3. The Morgan fingerprint density at radius 1 is 1.05 bits per heavy atom. The molecule has 2 rings (SSSR count). The predicted molar refractivity (Wildman–Crippen MR) is 68.0 cm³/mol. The first kappa shape index (κ1) is 13.3. The van der Waals surface area contributed by atoms with Crippen molar-refractivity contribution in [1.82, 2.24) is 0 Å². The molecule has 0 heterocycles. The molecule has 0 bridgehead atoms. The van der Waals surface area contributed by atoms with Crippen molar-refractivity contribution >= 4 is 21.4 Å². The number of nitrogens with two attached hydrogens (primary N) is 1. The maximum absolute atomic E-state index is 13.4. The van der Waals surface area contributed by atoms with Gasteiger partial charge in [-0.1, -0.05) is 12.1 Å². The van der Waals surface area contributed by atoms with Crippen LogP contribution in [0.15, 0.2) is 47.4 Å². The molecule has 0 fully saturated rings. The summed E-state index contributed by atoms with van der Waals surface area (Å²) >= 11 is 0. The molecule has 0 amide bonds. The Balaban J connectivity index is 2.39. The minimum atomic E-state index is -4.12. The molecule has 0 spiro atoms. The quantitative estimate of drug-likeness (QED) is 0.850. The summed E-state index contributed by atoms with van der Waals surface area (Å²) in [6, 6.07) is 8.12. The van der Waals surface area contributed by atoms with Gasteiger partial charge in [0.25, 0.3) is 10.0 Å². The summed E-state index contributed by atoms with van der Waals surface area (Å²) in [6.45, 7) is 0. The smallest absolute Gasteiger partial charge is 0.264 e. The van der Waals surface area contributed by atoms with Gasteiger partial charge in [0, 0.05) is 5.69 Å². The molecule has 0 radical (unpaired) electrons. The maximum atomic E-state index is 13.4. The second-order valence-electron chi connectivity index (χ2n) is 3.81. The van der Waals surface area contributed by atoms with Gasteiger partial charge in [0.1, 0.15) is 16.5 Å². The first-order valence-electron chi connectivity index (χ1n) is 5.22. The van der Waals surface area contributed by atoms with Crippen LogP contribution in [-0.4, -0.2) is 8.42 Å². The molecule has 19 heavy (non-hydrogen) atoms. The maximum Gasteiger partial charge on any atom is 0.264 e. The van der Waals surface area contributed by atoms with Crippen LogP contribution in [0.3, 0.4) is 0 Å². The highest BCUT2D eigenvalue weighted by atomic mass is 32.2. The van der Waals surface area contributed by atoms with E-state index in [-0.39, 0.29) is 11.4 Å². The fourth-order valence-corrected chi connectivity index (χ4v) is 2.66. The van der Waals surface area contributed by atoms with E-state index in [0.29, 0.717) is 0 Å². The number of benzene rings is 2. The fourth-order valence-electron chi connectivity index (χ4n) is 1.54. The molecule has 2 aromatic carbocycles. The molecule has 4 nitrogen and oxygen atoms in total. The van der Waals surface area contributed by atoms with Crippen LogP contribution in [0, 0.1) is 11.6 Å². The zero-order chi connectivity index (χ0) is 14.0. The summed E-state index contributed by atoms with van der Waals surface area (Å²) < 4.78 is 52.5. The summed E-state index contributed by atoms with van der Waals surface area (Å²) in [5.41, 5.74) is 5.39. The van der Waals surface area contributed by atoms with E-state index in [2.05, 4.69) is 4.72 Å². The number of nitrogen functional groups attached to an aromatic ring is 1. The molecule has 0 atom stereocenters. The number of rotatable bonds is 3. The van der Waals surface area contributed by atoms with Crippen molar-refractivity contribution in [2.75, 3.05) is 10.5 Å². The standard InChI is InChI=1S/C12H10F2N2O2S/c13-8-5-9(15)7-10(6-8)16-19(17,18)12-4-2-1-3-11(12)14/h1-7,16H,15H2. The minimum Gasteiger partial charge on any atom is -0.399 e. The summed E-state index contributed by atoms with van der Waals surface area (Å²) in [5, 5.41) is 0. The Morgan fingerprint density at radius 2 is 1.74 bits per heavy atom. The average Bonchev–Trinajstić information content (AvgIpc) is 2.26. The number of nitrogens with one attached hydrogen (secondary N) is 1. The molecule has 0 saturated heterocycles. The zero-order valence-electron chi connectivity index (χ0n) is 9.60. The third kappa shape index (κ3) is 3.00. The minimum absolute atomic E-state index is 0.0613. The third-order valence-electron chi connectivity index (χ3n) is 2.30. The molecule has 0 aromatic heterocycles. The van der Waals surface area contributed by atoms with Crippen LogP contribution in [0.2, 0.25) is 0 Å². The van der Waals surface area contributed by atoms with Gasteiger partial charge in [-0.15, -0.1) is 0 Å². The summed E-state index contributed by atoms with van der Waals surface area (Å²) in [7, 11) is -4.12. The van der Waals surface area contributed by atoms with E-state index in [9.17, 15) is 17.2 Å². The molecular weight excluding hydrogens is 274 g/mol. The van der Waals surface area contributed by atoms with Crippen molar-refractivity contribution in [3.63, 3.8) is 0 Å². The highest BCUT2D eigenvalue weighted by Gasteiger charge is 2.18. The molecule has 0 aliphatic heterocycles. The topological polar surface area (TPSA) is 72.2 Å². The van der Waals surface area contributed by atoms with Gasteiger partial charge in [0.15, 0.2) is 0 Å². The molecule has 100 valence electrons. The molecule has 0 aliphatic carbocycles. The molecule has 0 aliphatic rings. The van der Waals surface area contributed by atoms with Gasteiger partial charge < -0.3 is 5.73 Å². The first-order valence-corrected chi connectivity index (χ1v) is 6.70. The lowest BCUT2D eigenvalue weighted by atomic mass is 10.3.